The van der Waals surface area contributed by atoms with Crippen LogP contribution in [-0.2, 0) is 4.74 Å². The number of aromatic amines is 1. The lowest BCUT2D eigenvalue weighted by Gasteiger charge is -2.10. The molecule has 0 fully saturated rings. The minimum atomic E-state index is -0.550. The molecule has 0 spiro atoms. The molecular formula is C17H13FN2O3. The number of carbonyl (C=O) groups excluding carboxylic acids is 1. The van der Waals surface area contributed by atoms with Gasteiger partial charge in [0.1, 0.15) is 11.5 Å². The fraction of sp³-hybridized carbons (Fsp3) is 0.118. The third kappa shape index (κ3) is 2.70. The maximum absolute atomic E-state index is 13.6. The van der Waals surface area contributed by atoms with E-state index in [2.05, 4.69) is 9.97 Å². The lowest BCUT2D eigenvalue weighted by molar-refractivity contribution is 0.0601. The summed E-state index contributed by atoms with van der Waals surface area (Å²) in [5.74, 6) is -0.953. The lowest BCUT2D eigenvalue weighted by Crippen LogP contribution is -2.13. The minimum Gasteiger partial charge on any atom is -0.465 e. The number of ether oxygens (including phenoxy) is 1. The normalized spacial score (nSPS) is 10.7. The smallest absolute Gasteiger partial charge is 0.337 e. The van der Waals surface area contributed by atoms with Crippen molar-refractivity contribution >= 4 is 17.0 Å². The van der Waals surface area contributed by atoms with Crippen LogP contribution in [0.4, 0.5) is 4.39 Å². The Morgan fingerprint density at radius 1 is 1.26 bits per heavy atom. The van der Waals surface area contributed by atoms with Gasteiger partial charge in [-0.25, -0.2) is 14.2 Å². The van der Waals surface area contributed by atoms with Crippen LogP contribution in [0, 0.1) is 12.7 Å². The van der Waals surface area contributed by atoms with Gasteiger partial charge < -0.3 is 9.72 Å². The van der Waals surface area contributed by atoms with Gasteiger partial charge in [-0.1, -0.05) is 12.1 Å². The van der Waals surface area contributed by atoms with Crippen LogP contribution in [0.2, 0.25) is 0 Å². The number of hydrogen-bond donors (Lipinski definition) is 1. The first-order valence-electron chi connectivity index (χ1n) is 6.88. The van der Waals surface area contributed by atoms with Gasteiger partial charge in [-0.2, -0.15) is 0 Å². The molecule has 0 radical (unpaired) electrons. The molecule has 2 aromatic carbocycles. The van der Waals surface area contributed by atoms with Gasteiger partial charge in [0.25, 0.3) is 5.56 Å². The van der Waals surface area contributed by atoms with E-state index in [0.29, 0.717) is 27.9 Å². The highest BCUT2D eigenvalue weighted by molar-refractivity contribution is 6.00. The maximum atomic E-state index is 13.6. The number of hydrogen-bond acceptors (Lipinski definition) is 4. The number of benzene rings is 2. The van der Waals surface area contributed by atoms with E-state index in [4.69, 9.17) is 4.74 Å². The third-order valence-electron chi connectivity index (χ3n) is 3.52. The number of esters is 1. The van der Waals surface area contributed by atoms with E-state index in [0.717, 1.165) is 0 Å². The molecule has 0 aliphatic carbocycles. The van der Waals surface area contributed by atoms with Crippen molar-refractivity contribution in [3.05, 3.63) is 63.8 Å². The number of H-pyrrole nitrogens is 1. The second kappa shape index (κ2) is 5.64. The van der Waals surface area contributed by atoms with E-state index in [9.17, 15) is 14.0 Å². The van der Waals surface area contributed by atoms with Crippen molar-refractivity contribution in [2.45, 2.75) is 6.92 Å². The number of halogens is 1. The Labute approximate surface area is 130 Å². The molecule has 0 bridgehead atoms. The van der Waals surface area contributed by atoms with Crippen LogP contribution in [0.15, 0.2) is 41.2 Å². The molecule has 3 aromatic rings. The van der Waals surface area contributed by atoms with Gasteiger partial charge in [-0.3, -0.25) is 4.79 Å². The second-order valence-corrected chi connectivity index (χ2v) is 5.07. The number of nitrogens with zero attached hydrogens (tertiary/aromatic N) is 1. The fourth-order valence-electron chi connectivity index (χ4n) is 2.39. The summed E-state index contributed by atoms with van der Waals surface area (Å²) in [7, 11) is 1.27. The molecule has 116 valence electrons. The van der Waals surface area contributed by atoms with Crippen LogP contribution in [0.3, 0.4) is 0 Å². The number of methoxy groups -OCH3 is 1. The van der Waals surface area contributed by atoms with Crippen molar-refractivity contribution in [2.24, 2.45) is 0 Å². The molecule has 0 aliphatic rings. The van der Waals surface area contributed by atoms with Crippen molar-refractivity contribution in [1.29, 1.82) is 0 Å². The van der Waals surface area contributed by atoms with Gasteiger partial charge in [0.05, 0.1) is 23.7 Å². The predicted molar refractivity (Wildman–Crippen MR) is 83.8 cm³/mol. The fourth-order valence-corrected chi connectivity index (χ4v) is 2.39. The molecule has 3 rings (SSSR count). The summed E-state index contributed by atoms with van der Waals surface area (Å²) in [6.07, 6.45) is 0. The van der Waals surface area contributed by atoms with Crippen LogP contribution >= 0.6 is 0 Å². The maximum Gasteiger partial charge on any atom is 0.337 e. The van der Waals surface area contributed by atoms with E-state index in [1.54, 1.807) is 25.1 Å². The Morgan fingerprint density at radius 3 is 2.74 bits per heavy atom. The van der Waals surface area contributed by atoms with Gasteiger partial charge in [0.2, 0.25) is 0 Å². The number of fused-ring (bicyclic) bond motifs is 1. The molecule has 0 saturated heterocycles. The van der Waals surface area contributed by atoms with E-state index in [1.807, 2.05) is 0 Å². The van der Waals surface area contributed by atoms with Gasteiger partial charge in [-0.05, 0) is 36.8 Å². The van der Waals surface area contributed by atoms with E-state index < -0.39 is 11.8 Å². The van der Waals surface area contributed by atoms with E-state index >= 15 is 0 Å². The van der Waals surface area contributed by atoms with Crippen molar-refractivity contribution in [1.82, 2.24) is 9.97 Å². The third-order valence-corrected chi connectivity index (χ3v) is 3.52. The topological polar surface area (TPSA) is 72.0 Å². The molecule has 0 aliphatic heterocycles. The zero-order valence-electron chi connectivity index (χ0n) is 12.5. The van der Waals surface area contributed by atoms with Crippen molar-refractivity contribution in [3.63, 3.8) is 0 Å². The van der Waals surface area contributed by atoms with Crippen molar-refractivity contribution in [2.75, 3.05) is 7.11 Å². The average Bonchev–Trinajstić information content (AvgIpc) is 2.54. The molecule has 6 heteroatoms. The second-order valence-electron chi connectivity index (χ2n) is 5.07. The summed E-state index contributed by atoms with van der Waals surface area (Å²) in [6.45, 7) is 1.59. The summed E-state index contributed by atoms with van der Waals surface area (Å²) in [4.78, 5) is 30.6. The first-order valence-corrected chi connectivity index (χ1v) is 6.88. The number of aromatic nitrogens is 2. The summed E-state index contributed by atoms with van der Waals surface area (Å²) >= 11 is 0. The van der Waals surface area contributed by atoms with Crippen LogP contribution in [0.5, 0.6) is 0 Å². The highest BCUT2D eigenvalue weighted by Gasteiger charge is 2.14. The molecule has 0 unspecified atom stereocenters. The number of carbonyl (C=O) groups is 1. The monoisotopic (exact) mass is 312 g/mol. The Morgan fingerprint density at radius 2 is 2.04 bits per heavy atom. The zero-order chi connectivity index (χ0) is 16.6. The van der Waals surface area contributed by atoms with Crippen LogP contribution in [0.25, 0.3) is 22.2 Å². The molecule has 1 aromatic heterocycles. The highest BCUT2D eigenvalue weighted by atomic mass is 19.1. The van der Waals surface area contributed by atoms with Gasteiger partial charge in [0, 0.05) is 5.56 Å². The Kier molecular flexibility index (Phi) is 3.65. The average molecular weight is 312 g/mol. The Balaban J connectivity index is 2.39. The summed E-state index contributed by atoms with van der Waals surface area (Å²) in [5.41, 5.74) is 2.18. The van der Waals surface area contributed by atoms with E-state index in [-0.39, 0.29) is 11.1 Å². The summed E-state index contributed by atoms with van der Waals surface area (Å²) < 4.78 is 18.3. The van der Waals surface area contributed by atoms with Crippen LogP contribution < -0.4 is 5.56 Å². The molecule has 1 heterocycles. The van der Waals surface area contributed by atoms with Gasteiger partial charge in [-0.15, -0.1) is 0 Å². The predicted octanol–water partition coefficient (Wildman–Crippen LogP) is 2.82. The molecular weight excluding hydrogens is 299 g/mol. The van der Waals surface area contributed by atoms with Crippen LogP contribution in [-0.4, -0.2) is 23.0 Å². The molecule has 0 saturated carbocycles. The molecule has 0 amide bonds. The summed E-state index contributed by atoms with van der Waals surface area (Å²) in [6, 6.07) is 9.03. The quantitative estimate of drug-likeness (QED) is 0.739. The van der Waals surface area contributed by atoms with Crippen molar-refractivity contribution in [3.8, 4) is 11.1 Å². The van der Waals surface area contributed by atoms with Crippen LogP contribution in [0.1, 0.15) is 16.1 Å². The SMILES string of the molecule is COC(=O)c1cc(-c2cccc(F)c2)c2nc(C)c(=O)[nH]c2c1. The van der Waals surface area contributed by atoms with Gasteiger partial charge >= 0.3 is 5.97 Å². The molecule has 0 atom stereocenters. The zero-order valence-corrected chi connectivity index (χ0v) is 12.5. The highest BCUT2D eigenvalue weighted by Crippen LogP contribution is 2.28. The first-order chi connectivity index (χ1) is 11.0. The number of aryl methyl sites for hydroxylation is 1. The summed E-state index contributed by atoms with van der Waals surface area (Å²) in [5, 5.41) is 0. The largest absolute Gasteiger partial charge is 0.465 e. The van der Waals surface area contributed by atoms with Gasteiger partial charge in [0.15, 0.2) is 0 Å². The lowest BCUT2D eigenvalue weighted by atomic mass is 10.0. The number of rotatable bonds is 2. The first kappa shape index (κ1) is 14.9. The molecule has 23 heavy (non-hydrogen) atoms. The standard InChI is InChI=1S/C17H13FN2O3/c1-9-16(21)20-14-8-11(17(22)23-2)7-13(15(14)19-9)10-4-3-5-12(18)6-10/h3-8H,1-2H3,(H,20,21). The van der Waals surface area contributed by atoms with Crippen molar-refractivity contribution < 1.29 is 13.9 Å². The number of nitrogens with one attached hydrogen (secondary N) is 1. The minimum absolute atomic E-state index is 0.251. The Hall–Kier alpha value is -3.02. The molecule has 1 N–H and O–H groups in total. The Bertz CT molecular complexity index is 979. The molecule has 5 nitrogen and oxygen atoms in total. The van der Waals surface area contributed by atoms with E-state index in [1.165, 1.54) is 25.3 Å².